The highest BCUT2D eigenvalue weighted by Gasteiger charge is 2.23. The number of halogens is 1. The molecule has 0 heterocycles. The van der Waals surface area contributed by atoms with E-state index in [1.54, 1.807) is 30.3 Å². The summed E-state index contributed by atoms with van der Waals surface area (Å²) in [4.78, 5) is 38.2. The maximum Gasteiger partial charge on any atom is 0.335 e. The Hall–Kier alpha value is -4.07. The lowest BCUT2D eigenvalue weighted by molar-refractivity contribution is -0.115. The van der Waals surface area contributed by atoms with E-state index in [-0.39, 0.29) is 28.1 Å². The molecule has 0 spiro atoms. The van der Waals surface area contributed by atoms with Crippen molar-refractivity contribution in [1.82, 2.24) is 0 Å². The van der Waals surface area contributed by atoms with Gasteiger partial charge < -0.3 is 15.7 Å². The van der Waals surface area contributed by atoms with E-state index in [1.165, 1.54) is 30.0 Å². The van der Waals surface area contributed by atoms with Gasteiger partial charge in [-0.2, -0.15) is 0 Å². The Balaban J connectivity index is 1.56. The molecule has 0 saturated carbocycles. The summed E-state index contributed by atoms with van der Waals surface area (Å²) < 4.78 is 0. The lowest BCUT2D eigenvalue weighted by Gasteiger charge is -2.18. The standard InChI is InChI=1S/C29H23ClN2O4S/c1-18-10-12-20(13-11-18)27(33)31-22-8-5-9-23(17-22)37-26(19-6-3-2-4-7-19)28(34)32-25-16-21(29(35)36)14-15-24(25)30/h2-17,26H,1H3,(H,31,33)(H,32,34)(H,35,36). The van der Waals surface area contributed by atoms with Crippen molar-refractivity contribution >= 4 is 52.5 Å². The smallest absolute Gasteiger partial charge is 0.335 e. The summed E-state index contributed by atoms with van der Waals surface area (Å²) >= 11 is 7.53. The van der Waals surface area contributed by atoms with E-state index in [2.05, 4.69) is 10.6 Å². The van der Waals surface area contributed by atoms with E-state index in [0.29, 0.717) is 11.3 Å². The number of hydrogen-bond acceptors (Lipinski definition) is 4. The Kier molecular flexibility index (Phi) is 8.28. The number of carboxylic acids is 1. The molecule has 3 N–H and O–H groups in total. The van der Waals surface area contributed by atoms with E-state index in [0.717, 1.165) is 16.0 Å². The summed E-state index contributed by atoms with van der Waals surface area (Å²) in [6.07, 6.45) is 0. The maximum absolute atomic E-state index is 13.4. The average molecular weight is 531 g/mol. The molecule has 4 rings (SSSR count). The minimum absolute atomic E-state index is 0.0145. The van der Waals surface area contributed by atoms with Crippen molar-refractivity contribution in [3.63, 3.8) is 0 Å². The van der Waals surface area contributed by atoms with Gasteiger partial charge in [-0.3, -0.25) is 9.59 Å². The fourth-order valence-corrected chi connectivity index (χ4v) is 4.79. The normalized spacial score (nSPS) is 11.4. The molecule has 0 fully saturated rings. The molecule has 37 heavy (non-hydrogen) atoms. The van der Waals surface area contributed by atoms with Gasteiger partial charge in [0, 0.05) is 16.1 Å². The van der Waals surface area contributed by atoms with Crippen molar-refractivity contribution in [1.29, 1.82) is 0 Å². The van der Waals surface area contributed by atoms with Gasteiger partial charge in [0.1, 0.15) is 5.25 Å². The van der Waals surface area contributed by atoms with Crippen LogP contribution in [0.4, 0.5) is 11.4 Å². The Labute approximate surface area is 223 Å². The fraction of sp³-hybridized carbons (Fsp3) is 0.0690. The molecule has 0 aliphatic rings. The number of aromatic carboxylic acids is 1. The number of carbonyl (C=O) groups is 3. The Morgan fingerprint density at radius 1 is 0.811 bits per heavy atom. The second kappa shape index (κ2) is 11.8. The first kappa shape index (κ1) is 26.0. The molecule has 8 heteroatoms. The van der Waals surface area contributed by atoms with Gasteiger partial charge in [0.25, 0.3) is 5.91 Å². The molecule has 0 aliphatic heterocycles. The average Bonchev–Trinajstić information content (AvgIpc) is 2.89. The second-order valence-electron chi connectivity index (χ2n) is 8.25. The Bertz CT molecular complexity index is 1440. The number of nitrogens with one attached hydrogen (secondary N) is 2. The van der Waals surface area contributed by atoms with Crippen LogP contribution in [0.25, 0.3) is 0 Å². The van der Waals surface area contributed by atoms with Gasteiger partial charge in [0.05, 0.1) is 16.3 Å². The Morgan fingerprint density at radius 2 is 1.51 bits per heavy atom. The van der Waals surface area contributed by atoms with Crippen LogP contribution in [0.5, 0.6) is 0 Å². The molecule has 0 bridgehead atoms. The second-order valence-corrected chi connectivity index (χ2v) is 9.83. The van der Waals surface area contributed by atoms with Crippen LogP contribution >= 0.6 is 23.4 Å². The van der Waals surface area contributed by atoms with E-state index < -0.39 is 11.2 Å². The lowest BCUT2D eigenvalue weighted by Crippen LogP contribution is -2.19. The number of amides is 2. The molecule has 0 aromatic heterocycles. The number of anilines is 2. The van der Waals surface area contributed by atoms with Crippen LogP contribution < -0.4 is 10.6 Å². The molecule has 0 aliphatic carbocycles. The number of benzene rings is 4. The predicted octanol–water partition coefficient (Wildman–Crippen LogP) is 7.07. The van der Waals surface area contributed by atoms with Gasteiger partial charge in [-0.25, -0.2) is 4.79 Å². The molecular formula is C29H23ClN2O4S. The maximum atomic E-state index is 13.4. The van der Waals surface area contributed by atoms with Crippen LogP contribution in [0, 0.1) is 6.92 Å². The first-order valence-corrected chi connectivity index (χ1v) is 12.6. The summed E-state index contributed by atoms with van der Waals surface area (Å²) in [6, 6.07) is 27.9. The molecule has 186 valence electrons. The highest BCUT2D eigenvalue weighted by Crippen LogP contribution is 2.38. The van der Waals surface area contributed by atoms with Crippen molar-refractivity contribution in [3.05, 3.63) is 124 Å². The van der Waals surface area contributed by atoms with Crippen LogP contribution in [-0.4, -0.2) is 22.9 Å². The van der Waals surface area contributed by atoms with Gasteiger partial charge >= 0.3 is 5.97 Å². The van der Waals surface area contributed by atoms with E-state index >= 15 is 0 Å². The zero-order valence-corrected chi connectivity index (χ0v) is 21.3. The third-order valence-corrected chi connectivity index (χ3v) is 7.05. The van der Waals surface area contributed by atoms with Crippen molar-refractivity contribution in [2.24, 2.45) is 0 Å². The van der Waals surface area contributed by atoms with Gasteiger partial charge in [0.2, 0.25) is 5.91 Å². The molecular weight excluding hydrogens is 508 g/mol. The molecule has 2 amide bonds. The van der Waals surface area contributed by atoms with Crippen molar-refractivity contribution in [2.45, 2.75) is 17.1 Å². The molecule has 6 nitrogen and oxygen atoms in total. The molecule has 4 aromatic rings. The summed E-state index contributed by atoms with van der Waals surface area (Å²) in [5.41, 5.74) is 3.19. The molecule has 1 atom stereocenters. The fourth-order valence-electron chi connectivity index (χ4n) is 3.54. The van der Waals surface area contributed by atoms with Crippen LogP contribution in [0.15, 0.2) is 102 Å². The largest absolute Gasteiger partial charge is 0.478 e. The molecule has 0 radical (unpaired) electrons. The zero-order chi connectivity index (χ0) is 26.4. The highest BCUT2D eigenvalue weighted by atomic mass is 35.5. The van der Waals surface area contributed by atoms with Gasteiger partial charge in [0.15, 0.2) is 0 Å². The zero-order valence-electron chi connectivity index (χ0n) is 19.8. The van der Waals surface area contributed by atoms with Crippen LogP contribution in [-0.2, 0) is 4.79 Å². The number of rotatable bonds is 8. The monoisotopic (exact) mass is 530 g/mol. The van der Waals surface area contributed by atoms with Gasteiger partial charge in [-0.15, -0.1) is 11.8 Å². The molecule has 4 aromatic carbocycles. The minimum Gasteiger partial charge on any atom is -0.478 e. The summed E-state index contributed by atoms with van der Waals surface area (Å²) in [6.45, 7) is 1.96. The van der Waals surface area contributed by atoms with E-state index in [9.17, 15) is 19.5 Å². The van der Waals surface area contributed by atoms with E-state index in [4.69, 9.17) is 11.6 Å². The summed E-state index contributed by atoms with van der Waals surface area (Å²) in [5, 5.41) is 14.5. The number of thioether (sulfide) groups is 1. The van der Waals surface area contributed by atoms with Crippen molar-refractivity contribution < 1.29 is 19.5 Å². The van der Waals surface area contributed by atoms with Crippen LogP contribution in [0.3, 0.4) is 0 Å². The van der Waals surface area contributed by atoms with Crippen LogP contribution in [0.2, 0.25) is 5.02 Å². The Morgan fingerprint density at radius 3 is 2.22 bits per heavy atom. The summed E-state index contributed by atoms with van der Waals surface area (Å²) in [7, 11) is 0. The number of hydrogen-bond donors (Lipinski definition) is 3. The number of aryl methyl sites for hydroxylation is 1. The first-order valence-electron chi connectivity index (χ1n) is 11.3. The molecule has 0 saturated heterocycles. The third kappa shape index (κ3) is 6.78. The molecule has 1 unspecified atom stereocenters. The lowest BCUT2D eigenvalue weighted by atomic mass is 10.1. The first-order chi connectivity index (χ1) is 17.8. The number of carbonyl (C=O) groups excluding carboxylic acids is 2. The quantitative estimate of drug-likeness (QED) is 0.212. The van der Waals surface area contributed by atoms with Crippen LogP contribution in [0.1, 0.15) is 37.1 Å². The van der Waals surface area contributed by atoms with Gasteiger partial charge in [-0.05, 0) is 61.0 Å². The summed E-state index contributed by atoms with van der Waals surface area (Å²) in [5.74, 6) is -1.71. The van der Waals surface area contributed by atoms with Gasteiger partial charge in [-0.1, -0.05) is 65.7 Å². The minimum atomic E-state index is -1.12. The van der Waals surface area contributed by atoms with Crippen molar-refractivity contribution in [3.8, 4) is 0 Å². The SMILES string of the molecule is Cc1ccc(C(=O)Nc2cccc(SC(C(=O)Nc3cc(C(=O)O)ccc3Cl)c3ccccc3)c2)cc1. The van der Waals surface area contributed by atoms with Crippen molar-refractivity contribution in [2.75, 3.05) is 10.6 Å². The highest BCUT2D eigenvalue weighted by molar-refractivity contribution is 8.00. The number of carboxylic acid groups (broad SMARTS) is 1. The third-order valence-electron chi connectivity index (χ3n) is 5.47. The van der Waals surface area contributed by atoms with E-state index in [1.807, 2.05) is 55.5 Å². The predicted molar refractivity (Wildman–Crippen MR) is 148 cm³/mol. The topological polar surface area (TPSA) is 95.5 Å².